The summed E-state index contributed by atoms with van der Waals surface area (Å²) in [5, 5.41) is 6.06. The second-order valence-electron chi connectivity index (χ2n) is 5.68. The van der Waals surface area contributed by atoms with E-state index in [0.29, 0.717) is 6.42 Å². The minimum absolute atomic E-state index is 0. The molecule has 0 atom stereocenters. The minimum Gasteiger partial charge on any atom is -0.356 e. The summed E-state index contributed by atoms with van der Waals surface area (Å²) < 4.78 is 0. The van der Waals surface area contributed by atoms with Gasteiger partial charge < -0.3 is 15.5 Å². The van der Waals surface area contributed by atoms with Crippen molar-refractivity contribution in [2.45, 2.75) is 57.4 Å². The lowest BCUT2D eigenvalue weighted by Crippen LogP contribution is -2.35. The number of amides is 1. The normalized spacial score (nSPS) is 15.2. The molecule has 1 amide bonds. The first-order valence-electron chi connectivity index (χ1n) is 7.85. The number of hydrogen-bond donors (Lipinski definition) is 2. The van der Waals surface area contributed by atoms with Gasteiger partial charge in [-0.15, -0.1) is 24.8 Å². The lowest BCUT2D eigenvalue weighted by Gasteiger charge is -2.31. The van der Waals surface area contributed by atoms with E-state index in [9.17, 15) is 4.79 Å². The molecule has 0 aromatic rings. The number of carbonyl (C=O) groups is 1. The Balaban J connectivity index is 0. The highest BCUT2D eigenvalue weighted by molar-refractivity contribution is 5.85. The van der Waals surface area contributed by atoms with Crippen LogP contribution >= 0.6 is 24.8 Å². The van der Waals surface area contributed by atoms with Crippen LogP contribution in [0, 0.1) is 0 Å². The molecule has 0 aromatic carbocycles. The molecule has 0 unspecified atom stereocenters. The largest absolute Gasteiger partial charge is 0.356 e. The van der Waals surface area contributed by atoms with Crippen molar-refractivity contribution in [2.75, 3.05) is 33.7 Å². The van der Waals surface area contributed by atoms with Crippen LogP contribution in [-0.4, -0.2) is 50.6 Å². The molecule has 1 aliphatic carbocycles. The molecule has 0 radical (unpaired) electrons. The SMILES string of the molecule is CNCCCC(=O)NCCCN(C)C1CCCCC1.Cl.Cl. The lowest BCUT2D eigenvalue weighted by molar-refractivity contribution is -0.121. The summed E-state index contributed by atoms with van der Waals surface area (Å²) in [6.45, 7) is 2.83. The maximum atomic E-state index is 11.5. The molecule has 6 heteroatoms. The molecule has 21 heavy (non-hydrogen) atoms. The first-order valence-corrected chi connectivity index (χ1v) is 7.85. The number of halogens is 2. The number of nitrogens with zero attached hydrogens (tertiary/aromatic N) is 1. The van der Waals surface area contributed by atoms with Crippen molar-refractivity contribution >= 4 is 30.7 Å². The Morgan fingerprint density at radius 3 is 2.38 bits per heavy atom. The number of rotatable bonds is 9. The first kappa shape index (κ1) is 23.2. The molecular weight excluding hydrogens is 309 g/mol. The molecule has 4 nitrogen and oxygen atoms in total. The van der Waals surface area contributed by atoms with Crippen LogP contribution in [0.5, 0.6) is 0 Å². The molecule has 0 aliphatic heterocycles. The lowest BCUT2D eigenvalue weighted by atomic mass is 9.94. The van der Waals surface area contributed by atoms with Crippen LogP contribution in [0.1, 0.15) is 51.4 Å². The van der Waals surface area contributed by atoms with E-state index >= 15 is 0 Å². The zero-order valence-corrected chi connectivity index (χ0v) is 15.2. The molecule has 2 N–H and O–H groups in total. The fraction of sp³-hybridized carbons (Fsp3) is 0.933. The van der Waals surface area contributed by atoms with Crippen LogP contribution < -0.4 is 10.6 Å². The van der Waals surface area contributed by atoms with Crippen LogP contribution in [0.3, 0.4) is 0 Å². The molecule has 0 spiro atoms. The third-order valence-corrected chi connectivity index (χ3v) is 4.04. The van der Waals surface area contributed by atoms with Crippen molar-refractivity contribution in [3.63, 3.8) is 0 Å². The van der Waals surface area contributed by atoms with Gasteiger partial charge in [-0.3, -0.25) is 4.79 Å². The smallest absolute Gasteiger partial charge is 0.220 e. The van der Waals surface area contributed by atoms with E-state index in [0.717, 1.165) is 38.5 Å². The van der Waals surface area contributed by atoms with Gasteiger partial charge in [0, 0.05) is 19.0 Å². The third kappa shape index (κ3) is 11.2. The maximum Gasteiger partial charge on any atom is 0.220 e. The average Bonchev–Trinajstić information content (AvgIpc) is 2.44. The summed E-state index contributed by atoms with van der Waals surface area (Å²) in [7, 11) is 4.14. The predicted molar refractivity (Wildman–Crippen MR) is 94.8 cm³/mol. The summed E-state index contributed by atoms with van der Waals surface area (Å²) >= 11 is 0. The van der Waals surface area contributed by atoms with Gasteiger partial charge >= 0.3 is 0 Å². The van der Waals surface area contributed by atoms with E-state index in [4.69, 9.17) is 0 Å². The Bertz CT molecular complexity index is 249. The highest BCUT2D eigenvalue weighted by atomic mass is 35.5. The maximum absolute atomic E-state index is 11.5. The fourth-order valence-electron chi connectivity index (χ4n) is 2.77. The second kappa shape index (κ2) is 14.9. The Labute approximate surface area is 142 Å². The zero-order chi connectivity index (χ0) is 13.9. The summed E-state index contributed by atoms with van der Waals surface area (Å²) in [6, 6.07) is 0.778. The summed E-state index contributed by atoms with van der Waals surface area (Å²) in [4.78, 5) is 14.0. The monoisotopic (exact) mass is 341 g/mol. The van der Waals surface area contributed by atoms with Crippen LogP contribution in [0.2, 0.25) is 0 Å². The van der Waals surface area contributed by atoms with Crippen LogP contribution in [0.4, 0.5) is 0 Å². The molecular formula is C15H33Cl2N3O. The van der Waals surface area contributed by atoms with Gasteiger partial charge in [0.1, 0.15) is 0 Å². The minimum atomic E-state index is 0. The average molecular weight is 342 g/mol. The van der Waals surface area contributed by atoms with E-state index in [-0.39, 0.29) is 30.7 Å². The topological polar surface area (TPSA) is 44.4 Å². The van der Waals surface area contributed by atoms with Gasteiger partial charge in [0.25, 0.3) is 0 Å². The van der Waals surface area contributed by atoms with E-state index in [2.05, 4.69) is 22.6 Å². The van der Waals surface area contributed by atoms with Crippen LogP contribution in [0.15, 0.2) is 0 Å². The van der Waals surface area contributed by atoms with Crippen molar-refractivity contribution < 1.29 is 4.79 Å². The van der Waals surface area contributed by atoms with Crippen molar-refractivity contribution in [2.24, 2.45) is 0 Å². The Morgan fingerprint density at radius 1 is 1.10 bits per heavy atom. The van der Waals surface area contributed by atoms with Gasteiger partial charge in [0.05, 0.1) is 0 Å². The molecule has 1 fully saturated rings. The molecule has 0 saturated heterocycles. The van der Waals surface area contributed by atoms with Gasteiger partial charge in [0.15, 0.2) is 0 Å². The molecule has 1 aliphatic rings. The van der Waals surface area contributed by atoms with E-state index in [1.807, 2.05) is 7.05 Å². The van der Waals surface area contributed by atoms with Gasteiger partial charge in [-0.05, 0) is 52.9 Å². The fourth-order valence-corrected chi connectivity index (χ4v) is 2.77. The number of nitrogens with one attached hydrogen (secondary N) is 2. The van der Waals surface area contributed by atoms with E-state index in [1.54, 1.807) is 0 Å². The molecule has 1 saturated carbocycles. The summed E-state index contributed by atoms with van der Waals surface area (Å²) in [5.74, 6) is 0.190. The molecule has 1 rings (SSSR count). The standard InChI is InChI=1S/C15H31N3O.2ClH/c1-16-11-6-10-15(19)17-12-7-13-18(2)14-8-4-3-5-9-14;;/h14,16H,3-13H2,1-2H3,(H,17,19);2*1H. The molecule has 0 bridgehead atoms. The van der Waals surface area contributed by atoms with Crippen LogP contribution in [0.25, 0.3) is 0 Å². The Kier molecular flexibility index (Phi) is 16.5. The quantitative estimate of drug-likeness (QED) is 0.633. The van der Waals surface area contributed by atoms with E-state index in [1.165, 1.54) is 32.1 Å². The van der Waals surface area contributed by atoms with Gasteiger partial charge in [-0.25, -0.2) is 0 Å². The van der Waals surface area contributed by atoms with Crippen molar-refractivity contribution in [3.8, 4) is 0 Å². The first-order chi connectivity index (χ1) is 9.24. The molecule has 128 valence electrons. The predicted octanol–water partition coefficient (Wildman–Crippen LogP) is 2.60. The summed E-state index contributed by atoms with van der Waals surface area (Å²) in [5.41, 5.74) is 0. The highest BCUT2D eigenvalue weighted by Crippen LogP contribution is 2.21. The number of carbonyl (C=O) groups excluding carboxylic acids is 1. The Hall–Kier alpha value is -0.0300. The number of hydrogen-bond acceptors (Lipinski definition) is 3. The van der Waals surface area contributed by atoms with Crippen molar-refractivity contribution in [3.05, 3.63) is 0 Å². The molecule has 0 aromatic heterocycles. The van der Waals surface area contributed by atoms with Gasteiger partial charge in [-0.2, -0.15) is 0 Å². The van der Waals surface area contributed by atoms with Crippen LogP contribution in [-0.2, 0) is 4.79 Å². The molecule has 0 heterocycles. The summed E-state index contributed by atoms with van der Waals surface area (Å²) in [6.07, 6.45) is 9.51. The highest BCUT2D eigenvalue weighted by Gasteiger charge is 2.17. The van der Waals surface area contributed by atoms with Gasteiger partial charge in [0.2, 0.25) is 5.91 Å². The Morgan fingerprint density at radius 2 is 1.76 bits per heavy atom. The second-order valence-corrected chi connectivity index (χ2v) is 5.68. The zero-order valence-electron chi connectivity index (χ0n) is 13.5. The van der Waals surface area contributed by atoms with Crippen molar-refractivity contribution in [1.29, 1.82) is 0 Å². The van der Waals surface area contributed by atoms with Gasteiger partial charge in [-0.1, -0.05) is 19.3 Å². The van der Waals surface area contributed by atoms with Crippen molar-refractivity contribution in [1.82, 2.24) is 15.5 Å². The third-order valence-electron chi connectivity index (χ3n) is 4.04. The van der Waals surface area contributed by atoms with E-state index < -0.39 is 0 Å².